The van der Waals surface area contributed by atoms with Gasteiger partial charge >= 0.3 is 0 Å². The molecule has 0 bridgehead atoms. The average molecular weight is 409 g/mol. The molecule has 0 aliphatic rings. The molecule has 1 unspecified atom stereocenters. The molecule has 0 spiro atoms. The van der Waals surface area contributed by atoms with Crippen LogP contribution in [0.3, 0.4) is 0 Å². The van der Waals surface area contributed by atoms with Crippen LogP contribution in [0, 0.1) is 0 Å². The molecule has 0 N–H and O–H groups in total. The minimum absolute atomic E-state index is 0. The Morgan fingerprint density at radius 3 is 1.33 bits per heavy atom. The van der Waals surface area contributed by atoms with Crippen LogP contribution in [-0.4, -0.2) is 32.2 Å². The maximum atomic E-state index is 2.28. The normalized spacial score (nSPS) is 10.0. The Labute approximate surface area is 140 Å². The van der Waals surface area contributed by atoms with Gasteiger partial charge in [0.25, 0.3) is 0 Å². The van der Waals surface area contributed by atoms with Crippen LogP contribution in [0.25, 0.3) is 0 Å². The van der Waals surface area contributed by atoms with Crippen molar-refractivity contribution in [3.63, 3.8) is 0 Å². The Balaban J connectivity index is -0.000000327. The van der Waals surface area contributed by atoms with Crippen molar-refractivity contribution in [3.8, 4) is 0 Å². The largest absolute Gasteiger partial charge is 1.00 e. The van der Waals surface area contributed by atoms with Crippen molar-refractivity contribution in [2.24, 2.45) is 0 Å². The average Bonchev–Trinajstić information content (AvgIpc) is 2.14. The molecule has 0 rings (SSSR count). The molecule has 0 saturated heterocycles. The SMILES string of the molecule is Br.CCCCCCCCCCC[N+](C)(C)C.P.[Br-]. The Morgan fingerprint density at radius 2 is 1.00 bits per heavy atom. The van der Waals surface area contributed by atoms with Crippen molar-refractivity contribution in [1.29, 1.82) is 0 Å². The molecule has 116 valence electrons. The zero-order valence-electron chi connectivity index (χ0n) is 13.0. The van der Waals surface area contributed by atoms with Crippen molar-refractivity contribution >= 4 is 26.9 Å². The highest BCUT2D eigenvalue weighted by molar-refractivity contribution is 8.93. The summed E-state index contributed by atoms with van der Waals surface area (Å²) in [6.45, 7) is 3.61. The van der Waals surface area contributed by atoms with Gasteiger partial charge in [-0.25, -0.2) is 0 Å². The van der Waals surface area contributed by atoms with Gasteiger partial charge in [0.2, 0.25) is 0 Å². The highest BCUT2D eigenvalue weighted by Gasteiger charge is 2.04. The molecule has 18 heavy (non-hydrogen) atoms. The maximum Gasteiger partial charge on any atom is 0.0780 e. The number of nitrogens with zero attached hydrogens (tertiary/aromatic N) is 1. The summed E-state index contributed by atoms with van der Waals surface area (Å²) in [7, 11) is 6.85. The summed E-state index contributed by atoms with van der Waals surface area (Å²) in [5.74, 6) is 0. The zero-order chi connectivity index (χ0) is 11.6. The third-order valence-electron chi connectivity index (χ3n) is 2.93. The first-order valence-corrected chi connectivity index (χ1v) is 6.86. The summed E-state index contributed by atoms with van der Waals surface area (Å²) >= 11 is 0. The predicted molar refractivity (Wildman–Crippen MR) is 91.6 cm³/mol. The van der Waals surface area contributed by atoms with Crippen LogP contribution < -0.4 is 17.0 Å². The third-order valence-corrected chi connectivity index (χ3v) is 2.93. The van der Waals surface area contributed by atoms with E-state index in [0.29, 0.717) is 0 Å². The maximum absolute atomic E-state index is 2.28. The Bertz CT molecular complexity index is 138. The Hall–Kier alpha value is 1.35. The number of quaternary nitrogens is 1. The van der Waals surface area contributed by atoms with E-state index in [1.54, 1.807) is 0 Å². The molecule has 0 aliphatic carbocycles. The van der Waals surface area contributed by atoms with Gasteiger partial charge < -0.3 is 21.5 Å². The van der Waals surface area contributed by atoms with Crippen molar-refractivity contribution in [2.45, 2.75) is 64.7 Å². The van der Waals surface area contributed by atoms with Crippen molar-refractivity contribution in [2.75, 3.05) is 27.7 Å². The van der Waals surface area contributed by atoms with Gasteiger partial charge in [0.1, 0.15) is 0 Å². The first-order valence-electron chi connectivity index (χ1n) is 6.86. The second kappa shape index (κ2) is 18.4. The van der Waals surface area contributed by atoms with E-state index in [1.807, 2.05) is 0 Å². The monoisotopic (exact) mass is 407 g/mol. The van der Waals surface area contributed by atoms with Crippen LogP contribution in [-0.2, 0) is 0 Å². The summed E-state index contributed by atoms with van der Waals surface area (Å²) in [5.41, 5.74) is 0. The lowest BCUT2D eigenvalue weighted by Gasteiger charge is -2.23. The molecule has 4 heteroatoms. The molecule has 0 aromatic rings. The van der Waals surface area contributed by atoms with E-state index in [1.165, 1.54) is 64.3 Å². The summed E-state index contributed by atoms with van der Waals surface area (Å²) in [4.78, 5) is 0. The van der Waals surface area contributed by atoms with Gasteiger partial charge in [-0.1, -0.05) is 51.9 Å². The van der Waals surface area contributed by atoms with E-state index in [2.05, 4.69) is 28.1 Å². The zero-order valence-corrected chi connectivity index (χ0v) is 17.7. The van der Waals surface area contributed by atoms with Crippen molar-refractivity contribution in [1.82, 2.24) is 0 Å². The summed E-state index contributed by atoms with van der Waals surface area (Å²) in [5, 5.41) is 0. The van der Waals surface area contributed by atoms with Crippen LogP contribution in [0.5, 0.6) is 0 Å². The molecule has 0 aromatic carbocycles. The first kappa shape index (κ1) is 27.7. The molecule has 0 heterocycles. The van der Waals surface area contributed by atoms with Gasteiger partial charge in [0.15, 0.2) is 0 Å². The number of hydrogen-bond acceptors (Lipinski definition) is 0. The van der Waals surface area contributed by atoms with E-state index in [-0.39, 0.29) is 43.9 Å². The lowest BCUT2D eigenvalue weighted by atomic mass is 10.1. The minimum atomic E-state index is 0. The van der Waals surface area contributed by atoms with Gasteiger partial charge in [0.05, 0.1) is 27.7 Å². The molecule has 0 aromatic heterocycles. The van der Waals surface area contributed by atoms with E-state index in [9.17, 15) is 0 Å². The molecule has 0 radical (unpaired) electrons. The van der Waals surface area contributed by atoms with Crippen LogP contribution in [0.4, 0.5) is 0 Å². The quantitative estimate of drug-likeness (QED) is 0.294. The summed E-state index contributed by atoms with van der Waals surface area (Å²) < 4.78 is 1.12. The van der Waals surface area contributed by atoms with Crippen LogP contribution in [0.2, 0.25) is 0 Å². The molecule has 0 fully saturated rings. The van der Waals surface area contributed by atoms with Crippen LogP contribution >= 0.6 is 26.9 Å². The third kappa shape index (κ3) is 26.0. The molecule has 1 atom stereocenters. The lowest BCUT2D eigenvalue weighted by Crippen LogP contribution is -3.00. The van der Waals surface area contributed by atoms with Crippen molar-refractivity contribution in [3.05, 3.63) is 0 Å². The van der Waals surface area contributed by atoms with E-state index < -0.39 is 0 Å². The number of unbranched alkanes of at least 4 members (excludes halogenated alkanes) is 8. The van der Waals surface area contributed by atoms with E-state index >= 15 is 0 Å². The van der Waals surface area contributed by atoms with Crippen LogP contribution in [0.1, 0.15) is 64.7 Å². The molecule has 1 nitrogen and oxygen atoms in total. The fraction of sp³-hybridized carbons (Fsp3) is 1.00. The topological polar surface area (TPSA) is 0 Å². The summed E-state index contributed by atoms with van der Waals surface area (Å²) in [6, 6.07) is 0. The predicted octanol–water partition coefficient (Wildman–Crippen LogP) is 1.86. The Kier molecular flexibility index (Phi) is 28.2. The van der Waals surface area contributed by atoms with Gasteiger partial charge in [-0.15, -0.1) is 17.0 Å². The standard InChI is InChI=1S/C14H32N.2BrH.H3P/c1-5-6-7-8-9-10-11-12-13-14-15(2,3)4;;;/h5-14H2,1-4H3;2*1H;1H3/q+1;;;/p-1. The van der Waals surface area contributed by atoms with Gasteiger partial charge in [-0.3, -0.25) is 0 Å². The fourth-order valence-corrected chi connectivity index (χ4v) is 1.90. The molecular weight excluding hydrogens is 373 g/mol. The van der Waals surface area contributed by atoms with Gasteiger partial charge in [-0.2, -0.15) is 9.90 Å². The Morgan fingerprint density at radius 1 is 0.667 bits per heavy atom. The van der Waals surface area contributed by atoms with E-state index in [4.69, 9.17) is 0 Å². The lowest BCUT2D eigenvalue weighted by molar-refractivity contribution is -0.870. The number of rotatable bonds is 10. The van der Waals surface area contributed by atoms with Crippen LogP contribution in [0.15, 0.2) is 0 Å². The molecule has 0 saturated carbocycles. The number of halogens is 2. The highest BCUT2D eigenvalue weighted by Crippen LogP contribution is 2.10. The number of hydrogen-bond donors (Lipinski definition) is 0. The minimum Gasteiger partial charge on any atom is -1.00 e. The van der Waals surface area contributed by atoms with Gasteiger partial charge in [-0.05, 0) is 12.8 Å². The summed E-state index contributed by atoms with van der Waals surface area (Å²) in [6.07, 6.45) is 12.9. The molecular formula is C14H36Br2NP. The second-order valence-corrected chi connectivity index (χ2v) is 5.84. The smallest absolute Gasteiger partial charge is 0.0780 e. The fourth-order valence-electron chi connectivity index (χ4n) is 1.90. The first-order chi connectivity index (χ1) is 7.06. The van der Waals surface area contributed by atoms with Crippen molar-refractivity contribution < 1.29 is 21.5 Å². The van der Waals surface area contributed by atoms with E-state index in [0.717, 1.165) is 4.48 Å². The second-order valence-electron chi connectivity index (χ2n) is 5.84. The molecule has 0 aliphatic heterocycles. The molecule has 0 amide bonds. The highest BCUT2D eigenvalue weighted by atomic mass is 79.9. The van der Waals surface area contributed by atoms with Gasteiger partial charge in [0, 0.05) is 0 Å².